The lowest BCUT2D eigenvalue weighted by molar-refractivity contribution is 0.0338. The first kappa shape index (κ1) is 18.2. The number of rotatable bonds is 7. The Morgan fingerprint density at radius 1 is 1.24 bits per heavy atom. The second kappa shape index (κ2) is 9.17. The molecule has 0 unspecified atom stereocenters. The molecule has 1 atom stereocenters. The van der Waals surface area contributed by atoms with E-state index in [2.05, 4.69) is 4.90 Å². The van der Waals surface area contributed by atoms with Crippen molar-refractivity contribution >= 4 is 5.91 Å². The van der Waals surface area contributed by atoms with Crippen LogP contribution in [0.1, 0.15) is 23.2 Å². The zero-order chi connectivity index (χ0) is 17.5. The monoisotopic (exact) mass is 348 g/mol. The molecule has 0 radical (unpaired) electrons. The molecule has 0 spiro atoms. The molecule has 1 aromatic rings. The molecule has 2 saturated heterocycles. The van der Waals surface area contributed by atoms with E-state index in [-0.39, 0.29) is 12.0 Å². The van der Waals surface area contributed by atoms with Gasteiger partial charge in [-0.2, -0.15) is 0 Å². The van der Waals surface area contributed by atoms with Crippen molar-refractivity contribution in [2.45, 2.75) is 18.9 Å². The lowest BCUT2D eigenvalue weighted by Gasteiger charge is -2.28. The molecule has 2 aliphatic heterocycles. The van der Waals surface area contributed by atoms with Gasteiger partial charge < -0.3 is 19.1 Å². The highest BCUT2D eigenvalue weighted by atomic mass is 16.5. The molecule has 6 nitrogen and oxygen atoms in total. The SMILES string of the molecule is CN(CCN1CCOCC1)C(=O)c1ccc(OC[C@H]2CCCO2)cc1. The summed E-state index contributed by atoms with van der Waals surface area (Å²) in [5.41, 5.74) is 0.689. The largest absolute Gasteiger partial charge is 0.491 e. The van der Waals surface area contributed by atoms with Crippen LogP contribution in [0.3, 0.4) is 0 Å². The van der Waals surface area contributed by atoms with E-state index in [0.29, 0.717) is 12.2 Å². The van der Waals surface area contributed by atoms with Gasteiger partial charge in [-0.05, 0) is 37.1 Å². The van der Waals surface area contributed by atoms with Crippen LogP contribution in [-0.4, -0.2) is 81.5 Å². The van der Waals surface area contributed by atoms with Crippen LogP contribution in [0.25, 0.3) is 0 Å². The highest BCUT2D eigenvalue weighted by Gasteiger charge is 2.17. The smallest absolute Gasteiger partial charge is 0.253 e. The summed E-state index contributed by atoms with van der Waals surface area (Å²) in [7, 11) is 1.85. The molecule has 0 bridgehead atoms. The zero-order valence-electron chi connectivity index (χ0n) is 15.0. The molecule has 2 aliphatic rings. The van der Waals surface area contributed by atoms with Gasteiger partial charge in [0.25, 0.3) is 5.91 Å². The van der Waals surface area contributed by atoms with Crippen molar-refractivity contribution in [3.05, 3.63) is 29.8 Å². The normalized spacial score (nSPS) is 21.2. The highest BCUT2D eigenvalue weighted by Crippen LogP contribution is 2.17. The van der Waals surface area contributed by atoms with Gasteiger partial charge in [0.05, 0.1) is 19.3 Å². The third kappa shape index (κ3) is 5.42. The Kier molecular flexibility index (Phi) is 6.67. The van der Waals surface area contributed by atoms with Crippen LogP contribution in [0.15, 0.2) is 24.3 Å². The number of carbonyl (C=O) groups excluding carboxylic acids is 1. The van der Waals surface area contributed by atoms with E-state index in [1.807, 2.05) is 31.3 Å². The predicted molar refractivity (Wildman–Crippen MR) is 95.1 cm³/mol. The highest BCUT2D eigenvalue weighted by molar-refractivity contribution is 5.94. The van der Waals surface area contributed by atoms with Crippen LogP contribution in [0.2, 0.25) is 0 Å². The van der Waals surface area contributed by atoms with Gasteiger partial charge in [-0.1, -0.05) is 0 Å². The molecule has 1 amide bonds. The number of amides is 1. The fourth-order valence-corrected chi connectivity index (χ4v) is 3.10. The van der Waals surface area contributed by atoms with Crippen molar-refractivity contribution in [2.24, 2.45) is 0 Å². The van der Waals surface area contributed by atoms with Gasteiger partial charge in [-0.25, -0.2) is 0 Å². The molecule has 0 aliphatic carbocycles. The number of carbonyl (C=O) groups is 1. The van der Waals surface area contributed by atoms with Crippen molar-refractivity contribution in [3.63, 3.8) is 0 Å². The summed E-state index contributed by atoms with van der Waals surface area (Å²) < 4.78 is 16.6. The Morgan fingerprint density at radius 3 is 2.68 bits per heavy atom. The van der Waals surface area contributed by atoms with Gasteiger partial charge in [0, 0.05) is 45.4 Å². The van der Waals surface area contributed by atoms with Gasteiger partial charge in [0.1, 0.15) is 12.4 Å². The van der Waals surface area contributed by atoms with Gasteiger partial charge in [-0.3, -0.25) is 9.69 Å². The minimum Gasteiger partial charge on any atom is -0.491 e. The Balaban J connectivity index is 1.44. The van der Waals surface area contributed by atoms with Gasteiger partial charge in [-0.15, -0.1) is 0 Å². The Morgan fingerprint density at radius 2 is 2.00 bits per heavy atom. The fourth-order valence-electron chi connectivity index (χ4n) is 3.10. The molecule has 1 aromatic carbocycles. The average Bonchev–Trinajstić information content (AvgIpc) is 3.19. The van der Waals surface area contributed by atoms with Crippen LogP contribution in [0, 0.1) is 0 Å². The van der Waals surface area contributed by atoms with Crippen molar-refractivity contribution in [1.82, 2.24) is 9.80 Å². The predicted octanol–water partition coefficient (Wildman–Crippen LogP) is 1.65. The summed E-state index contributed by atoms with van der Waals surface area (Å²) in [4.78, 5) is 16.6. The van der Waals surface area contributed by atoms with Crippen LogP contribution in [0.4, 0.5) is 0 Å². The standard InChI is InChI=1S/C19H28N2O4/c1-20(8-9-21-10-13-23-14-11-21)19(22)16-4-6-17(7-5-16)25-15-18-3-2-12-24-18/h4-7,18H,2-3,8-15H2,1H3/t18-/m1/s1. The van der Waals surface area contributed by atoms with E-state index >= 15 is 0 Å². The van der Waals surface area contributed by atoms with Crippen molar-refractivity contribution in [3.8, 4) is 5.75 Å². The van der Waals surface area contributed by atoms with Gasteiger partial charge in [0.15, 0.2) is 0 Å². The van der Waals surface area contributed by atoms with Crippen LogP contribution < -0.4 is 4.74 Å². The van der Waals surface area contributed by atoms with Crippen molar-refractivity contribution in [2.75, 3.05) is 59.7 Å². The first-order valence-electron chi connectivity index (χ1n) is 9.12. The summed E-state index contributed by atoms with van der Waals surface area (Å²) >= 11 is 0. The molecular weight excluding hydrogens is 320 g/mol. The minimum absolute atomic E-state index is 0.0407. The topological polar surface area (TPSA) is 51.2 Å². The third-order valence-electron chi connectivity index (χ3n) is 4.76. The van der Waals surface area contributed by atoms with Crippen LogP contribution >= 0.6 is 0 Å². The van der Waals surface area contributed by atoms with E-state index in [1.54, 1.807) is 4.90 Å². The average molecular weight is 348 g/mol. The lowest BCUT2D eigenvalue weighted by Crippen LogP contribution is -2.41. The van der Waals surface area contributed by atoms with E-state index in [1.165, 1.54) is 0 Å². The Hall–Kier alpha value is -1.63. The number of benzene rings is 1. The molecule has 3 rings (SSSR count). The summed E-state index contributed by atoms with van der Waals surface area (Å²) in [6.07, 6.45) is 2.37. The zero-order valence-corrected chi connectivity index (χ0v) is 15.0. The van der Waals surface area contributed by atoms with E-state index in [4.69, 9.17) is 14.2 Å². The molecular formula is C19H28N2O4. The maximum Gasteiger partial charge on any atom is 0.253 e. The quantitative estimate of drug-likeness (QED) is 0.750. The van der Waals surface area contributed by atoms with E-state index in [0.717, 1.165) is 64.6 Å². The molecule has 2 fully saturated rings. The lowest BCUT2D eigenvalue weighted by atomic mass is 10.2. The molecule has 138 valence electrons. The number of hydrogen-bond donors (Lipinski definition) is 0. The Bertz CT molecular complexity index is 537. The number of morpholine rings is 1. The fraction of sp³-hybridized carbons (Fsp3) is 0.632. The van der Waals surface area contributed by atoms with Crippen LogP contribution in [-0.2, 0) is 9.47 Å². The summed E-state index contributed by atoms with van der Waals surface area (Å²) in [5, 5.41) is 0. The van der Waals surface area contributed by atoms with Crippen molar-refractivity contribution in [1.29, 1.82) is 0 Å². The number of likely N-dealkylation sites (N-methyl/N-ethyl adjacent to an activating group) is 1. The number of hydrogen-bond acceptors (Lipinski definition) is 5. The summed E-state index contributed by atoms with van der Waals surface area (Å²) in [6.45, 7) is 6.46. The Labute approximate surface area is 149 Å². The molecule has 6 heteroatoms. The maximum absolute atomic E-state index is 12.5. The molecule has 0 N–H and O–H groups in total. The first-order valence-corrected chi connectivity index (χ1v) is 9.12. The third-order valence-corrected chi connectivity index (χ3v) is 4.76. The summed E-state index contributed by atoms with van der Waals surface area (Å²) in [6, 6.07) is 7.38. The van der Waals surface area contributed by atoms with Gasteiger partial charge in [0.2, 0.25) is 0 Å². The van der Waals surface area contributed by atoms with Crippen LogP contribution in [0.5, 0.6) is 5.75 Å². The van der Waals surface area contributed by atoms with E-state index < -0.39 is 0 Å². The second-order valence-corrected chi connectivity index (χ2v) is 6.65. The summed E-state index contributed by atoms with van der Waals surface area (Å²) in [5.74, 6) is 0.821. The second-order valence-electron chi connectivity index (χ2n) is 6.65. The van der Waals surface area contributed by atoms with E-state index in [9.17, 15) is 4.79 Å². The molecule has 0 saturated carbocycles. The molecule has 25 heavy (non-hydrogen) atoms. The van der Waals surface area contributed by atoms with Crippen molar-refractivity contribution < 1.29 is 19.0 Å². The maximum atomic E-state index is 12.5. The number of nitrogens with zero attached hydrogens (tertiary/aromatic N) is 2. The number of ether oxygens (including phenoxy) is 3. The minimum atomic E-state index is 0.0407. The first-order chi connectivity index (χ1) is 12.2. The van der Waals surface area contributed by atoms with Gasteiger partial charge >= 0.3 is 0 Å². The molecule has 2 heterocycles. The molecule has 0 aromatic heterocycles.